The minimum atomic E-state index is -3.12. The SMILES string of the molecule is Cc1cncc2c1c(CC1CN([C@@](C)(C(C)C)C3CC(N4CCN(S(C)(=O)=O)CC4)C3)C1)cn2-c1ccc(F)cc1C(=O)N(C)C(C)C. The van der Waals surface area contributed by atoms with Gasteiger partial charge in [-0.15, -0.1) is 0 Å². The van der Waals surface area contributed by atoms with Gasteiger partial charge in [0.1, 0.15) is 5.82 Å². The van der Waals surface area contributed by atoms with E-state index in [4.69, 9.17) is 0 Å². The predicted molar refractivity (Wildman–Crippen MR) is 190 cm³/mol. The van der Waals surface area contributed by atoms with E-state index in [0.29, 0.717) is 48.1 Å². The number of amides is 1. The molecule has 2 aliphatic heterocycles. The van der Waals surface area contributed by atoms with Gasteiger partial charge in [-0.05, 0) is 94.0 Å². The van der Waals surface area contributed by atoms with Crippen LogP contribution in [-0.4, -0.2) is 113 Å². The molecule has 1 aliphatic carbocycles. The molecule has 3 aliphatic rings. The van der Waals surface area contributed by atoms with Gasteiger partial charge in [-0.25, -0.2) is 12.8 Å². The highest BCUT2D eigenvalue weighted by molar-refractivity contribution is 7.88. The second kappa shape index (κ2) is 13.1. The fourth-order valence-electron chi connectivity index (χ4n) is 8.37. The standard InChI is InChI=1S/C37H53FN6O3S/c1-24(2)37(6,29-16-31(17-29)41-11-13-43(14-12-41)48(8,46)47)42-21-27(22-42)15-28-23-44(34-20-39-19-26(5)35(28)34)33-10-9-30(38)18-32(33)36(45)40(7)25(3)4/h9-10,18-20,23-25,27,29,31H,11-17,21-22H2,1-8H3/t29?,31?,37-/m0/s1. The lowest BCUT2D eigenvalue weighted by atomic mass is 9.62. The minimum absolute atomic E-state index is 0.0175. The molecule has 2 aromatic heterocycles. The number of hydrogen-bond donors (Lipinski definition) is 0. The summed E-state index contributed by atoms with van der Waals surface area (Å²) in [7, 11) is -1.36. The number of piperazine rings is 1. The molecular weight excluding hydrogens is 628 g/mol. The number of nitrogens with zero attached hydrogens (tertiary/aromatic N) is 6. The molecule has 11 heteroatoms. The zero-order chi connectivity index (χ0) is 34.7. The first kappa shape index (κ1) is 35.0. The Balaban J connectivity index is 1.17. The lowest BCUT2D eigenvalue weighted by Crippen LogP contribution is -2.68. The second-order valence-electron chi connectivity index (χ2n) is 15.4. The van der Waals surface area contributed by atoms with E-state index in [2.05, 4.69) is 48.7 Å². The zero-order valence-electron chi connectivity index (χ0n) is 29.9. The van der Waals surface area contributed by atoms with E-state index in [9.17, 15) is 17.6 Å². The molecule has 3 aromatic rings. The Labute approximate surface area is 286 Å². The molecule has 1 saturated carbocycles. The molecule has 1 aromatic carbocycles. The summed E-state index contributed by atoms with van der Waals surface area (Å²) in [6, 6.07) is 5.00. The number of pyridine rings is 1. The summed E-state index contributed by atoms with van der Waals surface area (Å²) in [4.78, 5) is 24.9. The highest BCUT2D eigenvalue weighted by atomic mass is 32.2. The second-order valence-corrected chi connectivity index (χ2v) is 17.4. The molecule has 0 bridgehead atoms. The van der Waals surface area contributed by atoms with E-state index in [1.54, 1.807) is 22.3 Å². The van der Waals surface area contributed by atoms with E-state index in [0.717, 1.165) is 49.1 Å². The molecule has 48 heavy (non-hydrogen) atoms. The van der Waals surface area contributed by atoms with Gasteiger partial charge >= 0.3 is 0 Å². The van der Waals surface area contributed by atoms with E-state index in [-0.39, 0.29) is 17.5 Å². The quantitative estimate of drug-likeness (QED) is 0.293. The molecule has 3 fully saturated rings. The summed E-state index contributed by atoms with van der Waals surface area (Å²) < 4.78 is 42.1. The smallest absolute Gasteiger partial charge is 0.256 e. The van der Waals surface area contributed by atoms with Crippen LogP contribution in [0.3, 0.4) is 0 Å². The molecule has 1 amide bonds. The average Bonchev–Trinajstić information content (AvgIpc) is 3.36. The summed E-state index contributed by atoms with van der Waals surface area (Å²) in [6.45, 7) is 18.1. The topological polar surface area (TPSA) is 82.0 Å². The third kappa shape index (κ3) is 6.32. The van der Waals surface area contributed by atoms with Crippen molar-refractivity contribution in [1.29, 1.82) is 0 Å². The van der Waals surface area contributed by atoms with Gasteiger partial charge in [-0.1, -0.05) is 13.8 Å². The number of hydrogen-bond acceptors (Lipinski definition) is 6. The monoisotopic (exact) mass is 680 g/mol. The number of carbonyl (C=O) groups is 1. The van der Waals surface area contributed by atoms with Crippen molar-refractivity contribution < 1.29 is 17.6 Å². The first-order valence-electron chi connectivity index (χ1n) is 17.5. The third-order valence-electron chi connectivity index (χ3n) is 12.0. The van der Waals surface area contributed by atoms with Crippen molar-refractivity contribution in [2.45, 2.75) is 78.4 Å². The van der Waals surface area contributed by atoms with E-state index in [1.165, 1.54) is 36.8 Å². The lowest BCUT2D eigenvalue weighted by Gasteiger charge is -2.61. The number of fused-ring (bicyclic) bond motifs is 1. The van der Waals surface area contributed by atoms with Gasteiger partial charge in [-0.3, -0.25) is 19.6 Å². The maximum atomic E-state index is 14.5. The summed E-state index contributed by atoms with van der Waals surface area (Å²) in [6.07, 6.45) is 10.5. The summed E-state index contributed by atoms with van der Waals surface area (Å²) in [5, 5.41) is 1.16. The molecule has 0 spiro atoms. The van der Waals surface area contributed by atoms with Crippen molar-refractivity contribution in [2.24, 2.45) is 17.8 Å². The number of halogens is 1. The van der Waals surface area contributed by atoms with Crippen molar-refractivity contribution in [3.63, 3.8) is 0 Å². The average molecular weight is 681 g/mol. The lowest BCUT2D eigenvalue weighted by molar-refractivity contribution is -0.109. The van der Waals surface area contributed by atoms with Crippen LogP contribution in [-0.2, 0) is 16.4 Å². The Morgan fingerprint density at radius 1 is 1.08 bits per heavy atom. The number of rotatable bonds is 10. The van der Waals surface area contributed by atoms with E-state index < -0.39 is 15.8 Å². The predicted octanol–water partition coefficient (Wildman–Crippen LogP) is 5.20. The van der Waals surface area contributed by atoms with Crippen LogP contribution in [0, 0.1) is 30.5 Å². The number of carbonyl (C=O) groups excluding carboxylic acids is 1. The molecule has 0 N–H and O–H groups in total. The third-order valence-corrected chi connectivity index (χ3v) is 13.3. The number of likely N-dealkylation sites (tertiary alicyclic amines) is 1. The number of aromatic nitrogens is 2. The number of sulfonamides is 1. The van der Waals surface area contributed by atoms with E-state index >= 15 is 0 Å². The maximum Gasteiger partial charge on any atom is 0.256 e. The molecule has 0 unspecified atom stereocenters. The maximum absolute atomic E-state index is 14.5. The Bertz CT molecular complexity index is 1770. The fourth-order valence-corrected chi connectivity index (χ4v) is 9.20. The van der Waals surface area contributed by atoms with E-state index in [1.807, 2.05) is 30.8 Å². The fraction of sp³-hybridized carbons (Fsp3) is 0.622. The molecule has 9 nitrogen and oxygen atoms in total. The van der Waals surface area contributed by atoms with Crippen LogP contribution in [0.25, 0.3) is 16.6 Å². The van der Waals surface area contributed by atoms with Gasteiger partial charge in [-0.2, -0.15) is 4.31 Å². The van der Waals surface area contributed by atoms with Crippen molar-refractivity contribution in [1.82, 2.24) is 28.6 Å². The van der Waals surface area contributed by atoms with Crippen LogP contribution >= 0.6 is 0 Å². The Kier molecular flexibility index (Phi) is 9.56. The van der Waals surface area contributed by atoms with Gasteiger partial charge in [0.2, 0.25) is 10.0 Å². The Morgan fingerprint density at radius 3 is 2.35 bits per heavy atom. The zero-order valence-corrected chi connectivity index (χ0v) is 30.7. The molecule has 6 rings (SSSR count). The first-order valence-corrected chi connectivity index (χ1v) is 19.4. The van der Waals surface area contributed by atoms with Gasteiger partial charge in [0.05, 0.1) is 29.2 Å². The Hall–Kier alpha value is -2.86. The van der Waals surface area contributed by atoms with Crippen LogP contribution < -0.4 is 0 Å². The normalized spacial score (nSPS) is 23.0. The minimum Gasteiger partial charge on any atom is -0.339 e. The highest BCUT2D eigenvalue weighted by Crippen LogP contribution is 2.48. The summed E-state index contributed by atoms with van der Waals surface area (Å²) in [5.41, 5.74) is 4.38. The molecule has 1 atom stereocenters. The molecule has 2 saturated heterocycles. The van der Waals surface area contributed by atoms with Gasteiger partial charge in [0.25, 0.3) is 5.91 Å². The van der Waals surface area contributed by atoms with Crippen molar-refractivity contribution in [2.75, 3.05) is 52.6 Å². The van der Waals surface area contributed by atoms with Gasteiger partial charge in [0.15, 0.2) is 0 Å². The number of benzene rings is 1. The largest absolute Gasteiger partial charge is 0.339 e. The Morgan fingerprint density at radius 2 is 1.75 bits per heavy atom. The van der Waals surface area contributed by atoms with Gasteiger partial charge < -0.3 is 9.47 Å². The highest BCUT2D eigenvalue weighted by Gasteiger charge is 2.52. The van der Waals surface area contributed by atoms with Crippen LogP contribution in [0.5, 0.6) is 0 Å². The van der Waals surface area contributed by atoms with Crippen LogP contribution in [0.15, 0.2) is 36.8 Å². The van der Waals surface area contributed by atoms with Gasteiger partial charge in [0, 0.05) is 81.7 Å². The molecule has 4 heterocycles. The van der Waals surface area contributed by atoms with Crippen molar-refractivity contribution in [3.8, 4) is 5.69 Å². The molecule has 0 radical (unpaired) electrons. The van der Waals surface area contributed by atoms with Crippen molar-refractivity contribution in [3.05, 3.63) is 59.3 Å². The van der Waals surface area contributed by atoms with Crippen LogP contribution in [0.1, 0.15) is 68.9 Å². The summed E-state index contributed by atoms with van der Waals surface area (Å²) >= 11 is 0. The van der Waals surface area contributed by atoms with Crippen molar-refractivity contribution >= 4 is 26.8 Å². The summed E-state index contributed by atoms with van der Waals surface area (Å²) in [5.74, 6) is 1.00. The molecular formula is C37H53FN6O3S. The number of aryl methyl sites for hydroxylation is 1. The van der Waals surface area contributed by atoms with Crippen LogP contribution in [0.4, 0.5) is 4.39 Å². The molecule has 262 valence electrons. The first-order chi connectivity index (χ1) is 22.6. The van der Waals surface area contributed by atoms with Crippen LogP contribution in [0.2, 0.25) is 0 Å².